The Labute approximate surface area is 237 Å². The number of aromatic nitrogens is 2. The van der Waals surface area contributed by atoms with Crippen molar-refractivity contribution in [1.29, 1.82) is 0 Å². The number of esters is 1. The summed E-state index contributed by atoms with van der Waals surface area (Å²) in [4.78, 5) is 38.8. The largest absolute Gasteiger partial charge is 0.480 e. The van der Waals surface area contributed by atoms with E-state index in [1.165, 1.54) is 9.13 Å². The molecule has 0 amide bonds. The maximum Gasteiger partial charge on any atom is 0.329 e. The molecule has 3 aromatic rings. The zero-order chi connectivity index (χ0) is 29.5. The van der Waals surface area contributed by atoms with Gasteiger partial charge in [0, 0.05) is 5.41 Å². The molecule has 216 valence electrons. The fourth-order valence-electron chi connectivity index (χ4n) is 5.72. The maximum atomic E-state index is 13.6. The number of imidazole rings is 1. The Hall–Kier alpha value is -3.99. The number of hydrogen-bond donors (Lipinski definition) is 3. The molecule has 1 spiro atoms. The van der Waals surface area contributed by atoms with Crippen LogP contribution in [0.4, 0.5) is 0 Å². The van der Waals surface area contributed by atoms with Gasteiger partial charge in [-0.15, -0.1) is 0 Å². The summed E-state index contributed by atoms with van der Waals surface area (Å²) in [6.07, 6.45) is 6.54. The zero-order valence-electron chi connectivity index (χ0n) is 23.5. The van der Waals surface area contributed by atoms with Crippen LogP contribution in [0.2, 0.25) is 0 Å². The minimum Gasteiger partial charge on any atom is -0.480 e. The molecule has 0 aliphatic heterocycles. The Kier molecular flexibility index (Phi) is 7.50. The molecular weight excluding hydrogens is 526 g/mol. The monoisotopic (exact) mass is 561 g/mol. The van der Waals surface area contributed by atoms with Crippen molar-refractivity contribution in [3.05, 3.63) is 94.4 Å². The number of allylic oxidation sites excluding steroid dienone is 3. The normalized spacial score (nSPS) is 21.7. The SMILES string of the molecule is C[C@H](C(=O)OC(C)(C)C)n1c(=O)n(C[C@H](NC(O)OC2c3ccccc3[C@@]23C=CC=CC3)C(=O)O)c2ccccc21. The van der Waals surface area contributed by atoms with Gasteiger partial charge in [0.05, 0.1) is 17.6 Å². The van der Waals surface area contributed by atoms with Crippen LogP contribution in [-0.4, -0.2) is 49.3 Å². The van der Waals surface area contributed by atoms with Gasteiger partial charge in [-0.1, -0.05) is 60.7 Å². The van der Waals surface area contributed by atoms with Gasteiger partial charge in [-0.05, 0) is 57.4 Å². The second kappa shape index (κ2) is 10.8. The van der Waals surface area contributed by atoms with Crippen LogP contribution >= 0.6 is 0 Å². The van der Waals surface area contributed by atoms with Gasteiger partial charge in [0.15, 0.2) is 0 Å². The van der Waals surface area contributed by atoms with Crippen LogP contribution in [0.3, 0.4) is 0 Å². The molecule has 2 aliphatic carbocycles. The number of hydrogen-bond acceptors (Lipinski definition) is 7. The Bertz CT molecular complexity index is 1590. The number of ether oxygens (including phenoxy) is 2. The van der Waals surface area contributed by atoms with Crippen LogP contribution in [0.15, 0.2) is 77.6 Å². The summed E-state index contributed by atoms with van der Waals surface area (Å²) in [5, 5.41) is 23.6. The van der Waals surface area contributed by atoms with E-state index in [0.29, 0.717) is 17.5 Å². The maximum absolute atomic E-state index is 13.6. The van der Waals surface area contributed by atoms with Crippen molar-refractivity contribution >= 4 is 23.0 Å². The Balaban J connectivity index is 1.39. The number of para-hydroxylation sites is 2. The van der Waals surface area contributed by atoms with E-state index < -0.39 is 53.2 Å². The number of rotatable bonds is 9. The average Bonchev–Trinajstić information content (AvgIpc) is 3.21. The zero-order valence-corrected chi connectivity index (χ0v) is 23.5. The average molecular weight is 562 g/mol. The van der Waals surface area contributed by atoms with E-state index in [4.69, 9.17) is 9.47 Å². The molecule has 5 atom stereocenters. The first-order valence-electron chi connectivity index (χ1n) is 13.6. The molecule has 1 heterocycles. The third-order valence-corrected chi connectivity index (χ3v) is 7.59. The summed E-state index contributed by atoms with van der Waals surface area (Å²) in [5.41, 5.74) is 1.17. The first-order chi connectivity index (χ1) is 19.4. The van der Waals surface area contributed by atoms with Crippen LogP contribution in [0.5, 0.6) is 0 Å². The lowest BCUT2D eigenvalue weighted by atomic mass is 9.58. The van der Waals surface area contributed by atoms with E-state index in [9.17, 15) is 24.6 Å². The number of aliphatic hydroxyl groups excluding tert-OH is 1. The molecule has 0 bridgehead atoms. The van der Waals surface area contributed by atoms with E-state index in [0.717, 1.165) is 11.1 Å². The molecule has 0 fully saturated rings. The van der Waals surface area contributed by atoms with Crippen LogP contribution in [0, 0.1) is 0 Å². The van der Waals surface area contributed by atoms with Crippen molar-refractivity contribution in [3.8, 4) is 0 Å². The number of aliphatic carboxylic acids is 1. The first kappa shape index (κ1) is 28.5. The third kappa shape index (κ3) is 5.26. The quantitative estimate of drug-likeness (QED) is 0.267. The number of carbonyl (C=O) groups excluding carboxylic acids is 1. The minimum absolute atomic E-state index is 0.321. The van der Waals surface area contributed by atoms with E-state index in [2.05, 4.69) is 5.32 Å². The smallest absolute Gasteiger partial charge is 0.329 e. The fourth-order valence-corrected chi connectivity index (χ4v) is 5.72. The summed E-state index contributed by atoms with van der Waals surface area (Å²) in [7, 11) is 0. The van der Waals surface area contributed by atoms with Gasteiger partial charge in [0.2, 0.25) is 6.41 Å². The molecule has 41 heavy (non-hydrogen) atoms. The van der Waals surface area contributed by atoms with Crippen molar-refractivity contribution in [3.63, 3.8) is 0 Å². The van der Waals surface area contributed by atoms with Gasteiger partial charge in [0.25, 0.3) is 0 Å². The standard InChI is InChI=1S/C31H35N3O7/c1-19(27(37)41-30(2,3)4)34-24-15-9-8-14-23(24)33(29(34)39)18-22(26(35)36)32-28(38)40-25-20-12-6-7-13-21(20)31(25)16-10-5-11-17-31/h5-16,19,22,25,28,32,38H,17-18H2,1-4H3,(H,35,36)/t19-,22+,25?,28?,31+/m1/s1. The predicted molar refractivity (Wildman–Crippen MR) is 152 cm³/mol. The summed E-state index contributed by atoms with van der Waals surface area (Å²) in [6, 6.07) is 12.3. The highest BCUT2D eigenvalue weighted by atomic mass is 16.6. The molecule has 10 nitrogen and oxygen atoms in total. The number of carboxylic acids is 1. The van der Waals surface area contributed by atoms with Crippen molar-refractivity contribution < 1.29 is 29.3 Å². The first-order valence-corrected chi connectivity index (χ1v) is 13.6. The fraction of sp³-hybridized carbons (Fsp3) is 0.387. The van der Waals surface area contributed by atoms with E-state index >= 15 is 0 Å². The summed E-state index contributed by atoms with van der Waals surface area (Å²) in [5.74, 6) is -1.86. The molecule has 2 unspecified atom stereocenters. The number of carbonyl (C=O) groups is 2. The highest BCUT2D eigenvalue weighted by molar-refractivity contribution is 5.81. The predicted octanol–water partition coefficient (Wildman–Crippen LogP) is 3.55. The molecule has 2 aliphatic rings. The van der Waals surface area contributed by atoms with Crippen molar-refractivity contribution in [2.45, 2.75) is 76.3 Å². The topological polar surface area (TPSA) is 132 Å². The third-order valence-electron chi connectivity index (χ3n) is 7.59. The summed E-state index contributed by atoms with van der Waals surface area (Å²) in [6.45, 7) is 6.47. The van der Waals surface area contributed by atoms with Crippen LogP contribution < -0.4 is 11.0 Å². The van der Waals surface area contributed by atoms with Gasteiger partial charge < -0.3 is 19.7 Å². The van der Waals surface area contributed by atoms with Crippen LogP contribution in [0.25, 0.3) is 11.0 Å². The number of nitrogens with one attached hydrogen (secondary N) is 1. The molecule has 0 saturated heterocycles. The summed E-state index contributed by atoms with van der Waals surface area (Å²) < 4.78 is 14.1. The molecule has 0 radical (unpaired) electrons. The van der Waals surface area contributed by atoms with Gasteiger partial charge >= 0.3 is 17.6 Å². The van der Waals surface area contributed by atoms with Crippen molar-refractivity contribution in [2.24, 2.45) is 0 Å². The Morgan fingerprint density at radius 2 is 1.78 bits per heavy atom. The molecule has 0 saturated carbocycles. The molecule has 5 rings (SSSR count). The van der Waals surface area contributed by atoms with Gasteiger partial charge in [-0.2, -0.15) is 0 Å². The molecule has 2 aromatic carbocycles. The van der Waals surface area contributed by atoms with Gasteiger partial charge in [-0.25, -0.2) is 9.59 Å². The van der Waals surface area contributed by atoms with Crippen molar-refractivity contribution in [2.75, 3.05) is 0 Å². The molecule has 1 aromatic heterocycles. The highest BCUT2D eigenvalue weighted by Gasteiger charge is 2.51. The lowest BCUT2D eigenvalue weighted by Gasteiger charge is -2.50. The highest BCUT2D eigenvalue weighted by Crippen LogP contribution is 2.56. The number of carboxylic acid groups (broad SMARTS) is 1. The van der Waals surface area contributed by atoms with E-state index in [1.54, 1.807) is 52.0 Å². The second-order valence-electron chi connectivity index (χ2n) is 11.5. The summed E-state index contributed by atoms with van der Waals surface area (Å²) >= 11 is 0. The number of benzene rings is 2. The van der Waals surface area contributed by atoms with E-state index in [1.807, 2.05) is 48.6 Å². The number of fused-ring (bicyclic) bond motifs is 3. The lowest BCUT2D eigenvalue weighted by Crippen LogP contribution is -2.52. The molecular formula is C31H35N3O7. The number of nitrogens with zero attached hydrogens (tertiary/aromatic N) is 2. The Morgan fingerprint density at radius 1 is 1.10 bits per heavy atom. The van der Waals surface area contributed by atoms with Crippen molar-refractivity contribution in [1.82, 2.24) is 14.5 Å². The Morgan fingerprint density at radius 3 is 2.44 bits per heavy atom. The number of aliphatic hydroxyl groups is 1. The van der Waals surface area contributed by atoms with Gasteiger partial charge in [-0.3, -0.25) is 19.2 Å². The molecule has 10 heteroatoms. The van der Waals surface area contributed by atoms with Gasteiger partial charge in [0.1, 0.15) is 23.8 Å². The van der Waals surface area contributed by atoms with Crippen LogP contribution in [0.1, 0.15) is 57.4 Å². The van der Waals surface area contributed by atoms with Crippen LogP contribution in [-0.2, 0) is 31.0 Å². The minimum atomic E-state index is -1.63. The molecule has 3 N–H and O–H groups in total. The lowest BCUT2D eigenvalue weighted by molar-refractivity contribution is -0.188. The second-order valence-corrected chi connectivity index (χ2v) is 11.5. The van der Waals surface area contributed by atoms with E-state index in [-0.39, 0.29) is 6.54 Å².